The lowest BCUT2D eigenvalue weighted by Crippen LogP contribution is -2.45. The molecule has 0 radical (unpaired) electrons. The standard InChI is InChI=1S/C11H18N4O2S/c1-9-5-2-3-8-15(9)18(16,17)14-11-10(12)6-4-7-13-11/h4,6-7,9H,2-3,5,8,12H2,1H3,(H,13,14). The van der Waals surface area contributed by atoms with E-state index in [1.165, 1.54) is 10.5 Å². The third-order valence-corrected chi connectivity index (χ3v) is 4.73. The van der Waals surface area contributed by atoms with Crippen LogP contribution in [0.2, 0.25) is 0 Å². The van der Waals surface area contributed by atoms with Gasteiger partial charge in [0, 0.05) is 18.8 Å². The van der Waals surface area contributed by atoms with Crippen molar-refractivity contribution in [3.8, 4) is 0 Å². The maximum Gasteiger partial charge on any atom is 0.303 e. The van der Waals surface area contributed by atoms with Crippen LogP contribution in [-0.2, 0) is 10.2 Å². The van der Waals surface area contributed by atoms with Gasteiger partial charge < -0.3 is 5.73 Å². The molecule has 18 heavy (non-hydrogen) atoms. The minimum absolute atomic E-state index is 0.0150. The van der Waals surface area contributed by atoms with Gasteiger partial charge in [0.15, 0.2) is 5.82 Å². The third-order valence-electron chi connectivity index (χ3n) is 3.12. The molecule has 0 amide bonds. The molecule has 1 saturated heterocycles. The quantitative estimate of drug-likeness (QED) is 0.863. The van der Waals surface area contributed by atoms with Crippen LogP contribution in [0.1, 0.15) is 26.2 Å². The first kappa shape index (κ1) is 13.1. The lowest BCUT2D eigenvalue weighted by Gasteiger charge is -2.32. The highest BCUT2D eigenvalue weighted by atomic mass is 32.2. The Hall–Kier alpha value is -1.34. The highest BCUT2D eigenvalue weighted by Crippen LogP contribution is 2.22. The summed E-state index contributed by atoms with van der Waals surface area (Å²) < 4.78 is 28.4. The predicted octanol–water partition coefficient (Wildman–Crippen LogP) is 1.19. The van der Waals surface area contributed by atoms with Crippen LogP contribution in [0.5, 0.6) is 0 Å². The minimum Gasteiger partial charge on any atom is -0.396 e. The maximum absolute atomic E-state index is 12.2. The van der Waals surface area contributed by atoms with Gasteiger partial charge >= 0.3 is 10.2 Å². The molecule has 2 heterocycles. The SMILES string of the molecule is CC1CCCCN1S(=O)(=O)Nc1ncccc1N. The molecule has 1 aliphatic rings. The number of nitrogens with two attached hydrogens (primary N) is 1. The Morgan fingerprint density at radius 3 is 2.94 bits per heavy atom. The van der Waals surface area contributed by atoms with Crippen molar-refractivity contribution >= 4 is 21.7 Å². The van der Waals surface area contributed by atoms with Crippen LogP contribution in [0.25, 0.3) is 0 Å². The van der Waals surface area contributed by atoms with E-state index in [1.54, 1.807) is 12.1 Å². The average molecular weight is 270 g/mol. The summed E-state index contributed by atoms with van der Waals surface area (Å²) in [6, 6.07) is 3.29. The van der Waals surface area contributed by atoms with Gasteiger partial charge in [-0.2, -0.15) is 12.7 Å². The molecule has 0 spiro atoms. The zero-order valence-electron chi connectivity index (χ0n) is 10.3. The van der Waals surface area contributed by atoms with Gasteiger partial charge in [0.05, 0.1) is 5.69 Å². The second-order valence-electron chi connectivity index (χ2n) is 4.50. The maximum atomic E-state index is 12.2. The average Bonchev–Trinajstić information content (AvgIpc) is 2.32. The normalized spacial score (nSPS) is 21.7. The molecular formula is C11H18N4O2S. The molecule has 1 fully saturated rings. The van der Waals surface area contributed by atoms with Crippen LogP contribution in [0.4, 0.5) is 11.5 Å². The summed E-state index contributed by atoms with van der Waals surface area (Å²) in [6.07, 6.45) is 4.36. The molecule has 1 aromatic heterocycles. The molecule has 100 valence electrons. The number of piperidine rings is 1. The number of aromatic nitrogens is 1. The summed E-state index contributed by atoms with van der Waals surface area (Å²) in [5, 5.41) is 0. The number of nitrogen functional groups attached to an aromatic ring is 1. The molecule has 0 saturated carbocycles. The van der Waals surface area contributed by atoms with Gasteiger partial charge in [-0.3, -0.25) is 4.72 Å². The van der Waals surface area contributed by atoms with Crippen LogP contribution in [0.15, 0.2) is 18.3 Å². The molecular weight excluding hydrogens is 252 g/mol. The molecule has 2 rings (SSSR count). The number of anilines is 2. The van der Waals surface area contributed by atoms with Crippen molar-refractivity contribution in [1.29, 1.82) is 0 Å². The van der Waals surface area contributed by atoms with Gasteiger partial charge in [0.2, 0.25) is 0 Å². The molecule has 0 bridgehead atoms. The van der Waals surface area contributed by atoms with Crippen molar-refractivity contribution in [1.82, 2.24) is 9.29 Å². The van der Waals surface area contributed by atoms with Gasteiger partial charge in [-0.1, -0.05) is 6.42 Å². The van der Waals surface area contributed by atoms with E-state index in [0.717, 1.165) is 19.3 Å². The number of rotatable bonds is 3. The first-order valence-corrected chi connectivity index (χ1v) is 7.45. The van der Waals surface area contributed by atoms with Crippen LogP contribution in [0, 0.1) is 0 Å². The zero-order valence-corrected chi connectivity index (χ0v) is 11.2. The number of nitrogens with zero attached hydrogens (tertiary/aromatic N) is 2. The summed E-state index contributed by atoms with van der Waals surface area (Å²) >= 11 is 0. The number of hydrogen-bond acceptors (Lipinski definition) is 4. The fourth-order valence-electron chi connectivity index (χ4n) is 2.11. The monoisotopic (exact) mass is 270 g/mol. The second kappa shape index (κ2) is 5.11. The lowest BCUT2D eigenvalue weighted by molar-refractivity contribution is 0.270. The van der Waals surface area contributed by atoms with E-state index in [0.29, 0.717) is 12.2 Å². The van der Waals surface area contributed by atoms with Crippen molar-refractivity contribution in [2.45, 2.75) is 32.2 Å². The lowest BCUT2D eigenvalue weighted by atomic mass is 10.1. The van der Waals surface area contributed by atoms with E-state index in [1.807, 2.05) is 6.92 Å². The van der Waals surface area contributed by atoms with E-state index < -0.39 is 10.2 Å². The number of pyridine rings is 1. The summed E-state index contributed by atoms with van der Waals surface area (Å²) in [4.78, 5) is 3.94. The topological polar surface area (TPSA) is 88.3 Å². The molecule has 1 aromatic rings. The summed E-state index contributed by atoms with van der Waals surface area (Å²) in [5.74, 6) is 0.190. The molecule has 3 N–H and O–H groups in total. The van der Waals surface area contributed by atoms with E-state index in [9.17, 15) is 8.42 Å². The Bertz CT molecular complexity index is 518. The molecule has 7 heteroatoms. The van der Waals surface area contributed by atoms with E-state index in [-0.39, 0.29) is 11.9 Å². The molecule has 0 aliphatic carbocycles. The number of nitrogens with one attached hydrogen (secondary N) is 1. The number of hydrogen-bond donors (Lipinski definition) is 2. The van der Waals surface area contributed by atoms with E-state index in [4.69, 9.17) is 5.73 Å². The van der Waals surface area contributed by atoms with Crippen molar-refractivity contribution in [3.63, 3.8) is 0 Å². The Labute approximate surface area is 107 Å². The molecule has 0 aromatic carbocycles. The van der Waals surface area contributed by atoms with Crippen LogP contribution >= 0.6 is 0 Å². The summed E-state index contributed by atoms with van der Waals surface area (Å²) in [6.45, 7) is 2.46. The van der Waals surface area contributed by atoms with Crippen molar-refractivity contribution < 1.29 is 8.42 Å². The van der Waals surface area contributed by atoms with Crippen molar-refractivity contribution in [2.24, 2.45) is 0 Å². The Balaban J connectivity index is 2.19. The van der Waals surface area contributed by atoms with E-state index >= 15 is 0 Å². The molecule has 6 nitrogen and oxygen atoms in total. The first-order chi connectivity index (χ1) is 8.50. The highest BCUT2D eigenvalue weighted by molar-refractivity contribution is 7.90. The van der Waals surface area contributed by atoms with E-state index in [2.05, 4.69) is 9.71 Å². The van der Waals surface area contributed by atoms with Crippen LogP contribution < -0.4 is 10.5 Å². The van der Waals surface area contributed by atoms with Gasteiger partial charge in [0.1, 0.15) is 0 Å². The zero-order chi connectivity index (χ0) is 13.2. The van der Waals surface area contributed by atoms with Gasteiger partial charge in [-0.05, 0) is 31.9 Å². The summed E-state index contributed by atoms with van der Waals surface area (Å²) in [5.41, 5.74) is 6.01. The van der Waals surface area contributed by atoms with Crippen molar-refractivity contribution in [2.75, 3.05) is 17.0 Å². The molecule has 1 aliphatic heterocycles. The first-order valence-electron chi connectivity index (χ1n) is 6.01. The Morgan fingerprint density at radius 1 is 1.50 bits per heavy atom. The fourth-order valence-corrected chi connectivity index (χ4v) is 3.59. The second-order valence-corrected chi connectivity index (χ2v) is 6.13. The predicted molar refractivity (Wildman–Crippen MR) is 71.2 cm³/mol. The fraction of sp³-hybridized carbons (Fsp3) is 0.545. The van der Waals surface area contributed by atoms with Crippen LogP contribution in [-0.4, -0.2) is 30.3 Å². The summed E-state index contributed by atoms with van der Waals surface area (Å²) in [7, 11) is -3.57. The Morgan fingerprint density at radius 2 is 2.28 bits per heavy atom. The van der Waals surface area contributed by atoms with Crippen LogP contribution in [0.3, 0.4) is 0 Å². The van der Waals surface area contributed by atoms with Gasteiger partial charge in [-0.15, -0.1) is 0 Å². The largest absolute Gasteiger partial charge is 0.396 e. The highest BCUT2D eigenvalue weighted by Gasteiger charge is 2.29. The Kier molecular flexibility index (Phi) is 3.72. The molecule has 1 atom stereocenters. The minimum atomic E-state index is -3.57. The smallest absolute Gasteiger partial charge is 0.303 e. The third kappa shape index (κ3) is 2.73. The van der Waals surface area contributed by atoms with Gasteiger partial charge in [-0.25, -0.2) is 4.98 Å². The van der Waals surface area contributed by atoms with Crippen molar-refractivity contribution in [3.05, 3.63) is 18.3 Å². The van der Waals surface area contributed by atoms with Gasteiger partial charge in [0.25, 0.3) is 0 Å². The molecule has 1 unspecified atom stereocenters.